The Labute approximate surface area is 388 Å². The van der Waals surface area contributed by atoms with Gasteiger partial charge in [-0.05, 0) is 208 Å². The number of benzene rings is 7. The minimum absolute atomic E-state index is 0.0851. The minimum atomic E-state index is 0.0851. The molecule has 0 saturated heterocycles. The molecule has 2 unspecified atom stereocenters. The molecule has 6 aliphatic rings. The highest BCUT2D eigenvalue weighted by atomic mass is 15.1. The summed E-state index contributed by atoms with van der Waals surface area (Å²) in [5, 5.41) is 0. The SMILES string of the molecule is C[C@@H]1CC2C[C@@H](C1)[C@@]1(c3ccccc3-c3cc(N(c4ccc(-c5ccccc5)cc4)c4ccc(-c5ccc6c(c5)-c5ccccc5[C@]65[C@H]6CC(C[C@@H](C)C6)C[C@@H]5C)cc4)ccc31)[C@@H](C)C2. The Morgan fingerprint density at radius 1 is 0.338 bits per heavy atom. The average molecular weight is 846 g/mol. The Kier molecular flexibility index (Phi) is 9.12. The molecule has 2 spiro atoms. The van der Waals surface area contributed by atoms with Gasteiger partial charge in [0, 0.05) is 27.9 Å². The highest BCUT2D eigenvalue weighted by Gasteiger charge is 2.58. The number of rotatable bonds is 5. The van der Waals surface area contributed by atoms with E-state index < -0.39 is 0 Å². The van der Waals surface area contributed by atoms with Crippen LogP contribution in [0.2, 0.25) is 0 Å². The molecule has 324 valence electrons. The molecule has 65 heavy (non-hydrogen) atoms. The molecule has 1 heteroatoms. The van der Waals surface area contributed by atoms with E-state index in [-0.39, 0.29) is 10.8 Å². The molecule has 7 aromatic rings. The van der Waals surface area contributed by atoms with E-state index in [0.717, 1.165) is 23.7 Å². The highest BCUT2D eigenvalue weighted by Crippen LogP contribution is 2.66. The van der Waals surface area contributed by atoms with Crippen LogP contribution < -0.4 is 4.90 Å². The summed E-state index contributed by atoms with van der Waals surface area (Å²) in [6.07, 6.45) is 10.9. The van der Waals surface area contributed by atoms with E-state index >= 15 is 0 Å². The van der Waals surface area contributed by atoms with Crippen LogP contribution in [0, 0.1) is 47.3 Å². The molecular weight excluding hydrogens is 783 g/mol. The Hall–Kier alpha value is -5.66. The van der Waals surface area contributed by atoms with Crippen molar-refractivity contribution in [3.05, 3.63) is 186 Å². The average Bonchev–Trinajstić information content (AvgIpc) is 3.79. The first-order valence-electron chi connectivity index (χ1n) is 25.4. The van der Waals surface area contributed by atoms with Crippen molar-refractivity contribution in [3.8, 4) is 44.5 Å². The summed E-state index contributed by atoms with van der Waals surface area (Å²) in [5.74, 6) is 6.03. The zero-order valence-corrected chi connectivity index (χ0v) is 38.8. The molecule has 13 rings (SSSR count). The first-order valence-corrected chi connectivity index (χ1v) is 25.4. The standard InChI is InChI=1S/C64H63N/c1-40-30-44-34-42(3)63(50(32-40)36-44)59-16-10-8-14-55(59)57-38-49(22-28-61(57)63)48-20-25-53(26-21-48)65(52-23-18-47(19-24-52)46-12-6-5-7-13-46)54-27-29-62-58(39-54)56-15-9-11-17-60(56)64(62)43(4)35-45-31-41(2)33-51(64)37-45/h5-29,38-45,50-51H,30-37H2,1-4H3/t40-,41-,42+,43+,44?,45?,50-,51-,63+,64-/m1/s1. The molecular formula is C64H63N. The number of anilines is 3. The van der Waals surface area contributed by atoms with Crippen LogP contribution in [0.15, 0.2) is 164 Å². The van der Waals surface area contributed by atoms with E-state index in [1.807, 2.05) is 0 Å². The van der Waals surface area contributed by atoms with Gasteiger partial charge in [0.05, 0.1) is 0 Å². The van der Waals surface area contributed by atoms with Crippen molar-refractivity contribution in [2.45, 2.75) is 89.9 Å². The predicted octanol–water partition coefficient (Wildman–Crippen LogP) is 17.2. The summed E-state index contributed by atoms with van der Waals surface area (Å²) in [6.45, 7) is 10.2. The second-order valence-corrected chi connectivity index (χ2v) is 22.1. The van der Waals surface area contributed by atoms with Gasteiger partial charge in [-0.15, -0.1) is 0 Å². The number of hydrogen-bond donors (Lipinski definition) is 0. The molecule has 7 aromatic carbocycles. The van der Waals surface area contributed by atoms with Crippen LogP contribution in [0.5, 0.6) is 0 Å². The third-order valence-corrected chi connectivity index (χ3v) is 18.5. The molecule has 4 fully saturated rings. The van der Waals surface area contributed by atoms with Crippen molar-refractivity contribution in [2.24, 2.45) is 47.3 Å². The number of fused-ring (bicyclic) bond motifs is 16. The molecule has 6 aliphatic carbocycles. The number of hydrogen-bond acceptors (Lipinski definition) is 1. The van der Waals surface area contributed by atoms with Crippen LogP contribution in [0.25, 0.3) is 44.5 Å². The topological polar surface area (TPSA) is 3.24 Å². The summed E-state index contributed by atoms with van der Waals surface area (Å²) in [7, 11) is 0. The summed E-state index contributed by atoms with van der Waals surface area (Å²) in [4.78, 5) is 2.50. The normalized spacial score (nSPS) is 30.1. The van der Waals surface area contributed by atoms with Gasteiger partial charge in [-0.2, -0.15) is 0 Å². The molecule has 4 saturated carbocycles. The fourth-order valence-electron chi connectivity index (χ4n) is 16.4. The molecule has 4 bridgehead atoms. The zero-order valence-electron chi connectivity index (χ0n) is 38.8. The van der Waals surface area contributed by atoms with Crippen molar-refractivity contribution in [1.82, 2.24) is 0 Å². The second kappa shape index (κ2) is 14.9. The maximum atomic E-state index is 2.58. The molecule has 0 N–H and O–H groups in total. The van der Waals surface area contributed by atoms with Crippen molar-refractivity contribution in [1.29, 1.82) is 0 Å². The fraction of sp³-hybridized carbons (Fsp3) is 0.344. The van der Waals surface area contributed by atoms with Gasteiger partial charge in [-0.25, -0.2) is 0 Å². The summed E-state index contributed by atoms with van der Waals surface area (Å²) in [5.41, 5.74) is 21.0. The van der Waals surface area contributed by atoms with Gasteiger partial charge < -0.3 is 4.90 Å². The largest absolute Gasteiger partial charge is 0.310 e. The molecule has 0 aliphatic heterocycles. The highest BCUT2D eigenvalue weighted by molar-refractivity contribution is 5.89. The first kappa shape index (κ1) is 39.7. The van der Waals surface area contributed by atoms with Gasteiger partial charge in [-0.1, -0.05) is 149 Å². The minimum Gasteiger partial charge on any atom is -0.310 e. The van der Waals surface area contributed by atoms with Gasteiger partial charge in [-0.3, -0.25) is 0 Å². The third-order valence-electron chi connectivity index (χ3n) is 18.5. The quantitative estimate of drug-likeness (QED) is 0.167. The van der Waals surface area contributed by atoms with Crippen molar-refractivity contribution in [2.75, 3.05) is 4.90 Å². The Bertz CT molecular complexity index is 2930. The lowest BCUT2D eigenvalue weighted by atomic mass is 9.49. The molecule has 0 aromatic heterocycles. The van der Waals surface area contributed by atoms with E-state index in [1.165, 1.54) is 113 Å². The number of nitrogens with zero attached hydrogens (tertiary/aromatic N) is 1. The molecule has 10 atom stereocenters. The van der Waals surface area contributed by atoms with Crippen molar-refractivity contribution >= 4 is 17.1 Å². The summed E-state index contributed by atoms with van der Waals surface area (Å²) < 4.78 is 0. The summed E-state index contributed by atoms with van der Waals surface area (Å²) in [6, 6.07) is 63.5. The molecule has 1 nitrogen and oxygen atoms in total. The van der Waals surface area contributed by atoms with Crippen LogP contribution in [0.3, 0.4) is 0 Å². The van der Waals surface area contributed by atoms with E-state index in [4.69, 9.17) is 0 Å². The van der Waals surface area contributed by atoms with Gasteiger partial charge in [0.2, 0.25) is 0 Å². The van der Waals surface area contributed by atoms with Crippen LogP contribution >= 0.6 is 0 Å². The zero-order chi connectivity index (χ0) is 43.6. The Morgan fingerprint density at radius 3 is 1.31 bits per heavy atom. The Morgan fingerprint density at radius 2 is 0.754 bits per heavy atom. The maximum Gasteiger partial charge on any atom is 0.0468 e. The van der Waals surface area contributed by atoms with Crippen LogP contribution in [-0.4, -0.2) is 0 Å². The molecule has 0 amide bonds. The Balaban J connectivity index is 0.908. The second-order valence-electron chi connectivity index (χ2n) is 22.1. The predicted molar refractivity (Wildman–Crippen MR) is 272 cm³/mol. The lowest BCUT2D eigenvalue weighted by molar-refractivity contribution is 0.0425. The van der Waals surface area contributed by atoms with E-state index in [0.29, 0.717) is 23.7 Å². The van der Waals surface area contributed by atoms with Crippen LogP contribution in [-0.2, 0) is 10.8 Å². The smallest absolute Gasteiger partial charge is 0.0468 e. The van der Waals surface area contributed by atoms with Gasteiger partial charge in [0.15, 0.2) is 0 Å². The van der Waals surface area contributed by atoms with E-state index in [9.17, 15) is 0 Å². The van der Waals surface area contributed by atoms with Gasteiger partial charge >= 0.3 is 0 Å². The van der Waals surface area contributed by atoms with Crippen molar-refractivity contribution < 1.29 is 0 Å². The molecule has 0 radical (unpaired) electrons. The maximum absolute atomic E-state index is 2.58. The monoisotopic (exact) mass is 845 g/mol. The first-order chi connectivity index (χ1) is 31.8. The third kappa shape index (κ3) is 5.82. The van der Waals surface area contributed by atoms with Crippen molar-refractivity contribution in [3.63, 3.8) is 0 Å². The van der Waals surface area contributed by atoms with Crippen LogP contribution in [0.4, 0.5) is 17.1 Å². The van der Waals surface area contributed by atoms with Crippen LogP contribution in [0.1, 0.15) is 101 Å². The van der Waals surface area contributed by atoms with E-state index in [2.05, 4.69) is 196 Å². The molecule has 0 heterocycles. The van der Waals surface area contributed by atoms with Gasteiger partial charge in [0.1, 0.15) is 0 Å². The fourth-order valence-corrected chi connectivity index (χ4v) is 16.4. The van der Waals surface area contributed by atoms with E-state index in [1.54, 1.807) is 22.3 Å². The van der Waals surface area contributed by atoms with Gasteiger partial charge in [0.25, 0.3) is 0 Å². The lowest BCUT2D eigenvalue weighted by Gasteiger charge is -2.54. The lowest BCUT2D eigenvalue weighted by Crippen LogP contribution is -2.49. The summed E-state index contributed by atoms with van der Waals surface area (Å²) >= 11 is 0.